The third-order valence-electron chi connectivity index (χ3n) is 2.05. The van der Waals surface area contributed by atoms with E-state index in [-0.39, 0.29) is 0 Å². The summed E-state index contributed by atoms with van der Waals surface area (Å²) in [5, 5.41) is 0. The lowest BCUT2D eigenvalue weighted by molar-refractivity contribution is 0.0983. The minimum absolute atomic E-state index is 0.634. The highest BCUT2D eigenvalue weighted by molar-refractivity contribution is 4.88. The average Bonchev–Trinajstić information content (AvgIpc) is 1.87. The Morgan fingerprint density at radius 3 is 2.09 bits per heavy atom. The van der Waals surface area contributed by atoms with E-state index < -0.39 is 0 Å². The Balaban J connectivity index is 3.70. The first-order chi connectivity index (χ1) is 5.09. The molecular weight excluding hydrogens is 136 g/mol. The zero-order valence-corrected chi connectivity index (χ0v) is 8.48. The third kappa shape index (κ3) is 4.41. The van der Waals surface area contributed by atoms with Gasteiger partial charge in [0.05, 0.1) is 6.61 Å². The molecule has 0 aliphatic heterocycles. The van der Waals surface area contributed by atoms with Crippen molar-refractivity contribution in [2.24, 2.45) is 11.8 Å². The zero-order chi connectivity index (χ0) is 8.85. The van der Waals surface area contributed by atoms with Crippen molar-refractivity contribution in [3.63, 3.8) is 0 Å². The molecule has 0 bridgehead atoms. The first kappa shape index (κ1) is 11.0. The summed E-state index contributed by atoms with van der Waals surface area (Å²) in [6.07, 6.45) is 0. The molecule has 0 aromatic rings. The van der Waals surface area contributed by atoms with E-state index in [1.54, 1.807) is 0 Å². The lowest BCUT2D eigenvalue weighted by Gasteiger charge is -2.23. The molecule has 0 spiro atoms. The van der Waals surface area contributed by atoms with Gasteiger partial charge in [0, 0.05) is 6.61 Å². The molecule has 1 atom stereocenters. The van der Waals surface area contributed by atoms with E-state index in [1.165, 1.54) is 5.92 Å². The maximum atomic E-state index is 5.40. The van der Waals surface area contributed by atoms with Gasteiger partial charge in [-0.3, -0.25) is 0 Å². The third-order valence-corrected chi connectivity index (χ3v) is 2.05. The molecule has 0 aliphatic carbocycles. The quantitative estimate of drug-likeness (QED) is 0.596. The fourth-order valence-electron chi connectivity index (χ4n) is 1.27. The summed E-state index contributed by atoms with van der Waals surface area (Å²) in [4.78, 5) is 0. The first-order valence-electron chi connectivity index (χ1n) is 4.47. The Morgan fingerprint density at radius 2 is 1.82 bits per heavy atom. The molecule has 0 fully saturated rings. The van der Waals surface area contributed by atoms with E-state index in [9.17, 15) is 0 Å². The van der Waals surface area contributed by atoms with Crippen molar-refractivity contribution >= 4 is 0 Å². The Kier molecular flexibility index (Phi) is 5.57. The van der Waals surface area contributed by atoms with Gasteiger partial charge in [-0.2, -0.15) is 0 Å². The van der Waals surface area contributed by atoms with Crippen molar-refractivity contribution in [3.05, 3.63) is 5.92 Å². The van der Waals surface area contributed by atoms with Gasteiger partial charge in [0.25, 0.3) is 0 Å². The number of hydrogen-bond donors (Lipinski definition) is 0. The van der Waals surface area contributed by atoms with Crippen LogP contribution in [-0.4, -0.2) is 13.2 Å². The SMILES string of the molecule is CCOCC([C](C)C)C(C)C. The van der Waals surface area contributed by atoms with Crippen LogP contribution in [-0.2, 0) is 4.74 Å². The molecule has 0 heterocycles. The molecule has 1 radical (unpaired) electrons. The van der Waals surface area contributed by atoms with Crippen LogP contribution in [0.2, 0.25) is 0 Å². The van der Waals surface area contributed by atoms with Crippen LogP contribution >= 0.6 is 0 Å². The molecule has 0 aromatic heterocycles. The van der Waals surface area contributed by atoms with Crippen LogP contribution in [0.25, 0.3) is 0 Å². The number of rotatable bonds is 5. The molecule has 11 heavy (non-hydrogen) atoms. The summed E-state index contributed by atoms with van der Waals surface area (Å²) in [7, 11) is 0. The lowest BCUT2D eigenvalue weighted by atomic mass is 9.86. The van der Waals surface area contributed by atoms with Crippen LogP contribution in [0.1, 0.15) is 34.6 Å². The van der Waals surface area contributed by atoms with E-state index in [4.69, 9.17) is 4.74 Å². The standard InChI is InChI=1S/C10H21O/c1-6-11-7-10(8(2)3)9(4)5/h8,10H,6-7H2,1-5H3. The average molecular weight is 157 g/mol. The van der Waals surface area contributed by atoms with Crippen LogP contribution in [0.4, 0.5) is 0 Å². The highest BCUT2D eigenvalue weighted by Gasteiger charge is 2.17. The smallest absolute Gasteiger partial charge is 0.0501 e. The molecule has 0 saturated carbocycles. The Morgan fingerprint density at radius 1 is 1.27 bits per heavy atom. The fraction of sp³-hybridized carbons (Fsp3) is 0.900. The molecule has 1 unspecified atom stereocenters. The summed E-state index contributed by atoms with van der Waals surface area (Å²) < 4.78 is 5.40. The van der Waals surface area contributed by atoms with Crippen LogP contribution in [0, 0.1) is 17.8 Å². The molecule has 1 heteroatoms. The zero-order valence-electron chi connectivity index (χ0n) is 8.48. The predicted molar refractivity (Wildman–Crippen MR) is 49.4 cm³/mol. The Bertz CT molecular complexity index is 78.9. The highest BCUT2D eigenvalue weighted by Crippen LogP contribution is 2.21. The van der Waals surface area contributed by atoms with Gasteiger partial charge in [-0.25, -0.2) is 0 Å². The topological polar surface area (TPSA) is 9.23 Å². The molecular formula is C10H21O. The second kappa shape index (κ2) is 5.59. The normalized spacial score (nSPS) is 12.0. The molecule has 0 saturated heterocycles. The van der Waals surface area contributed by atoms with E-state index >= 15 is 0 Å². The van der Waals surface area contributed by atoms with Gasteiger partial charge in [0.15, 0.2) is 0 Å². The van der Waals surface area contributed by atoms with Crippen LogP contribution in [0.15, 0.2) is 0 Å². The molecule has 0 rings (SSSR count). The monoisotopic (exact) mass is 157 g/mol. The maximum Gasteiger partial charge on any atom is 0.0501 e. The van der Waals surface area contributed by atoms with Crippen molar-refractivity contribution in [2.45, 2.75) is 34.6 Å². The van der Waals surface area contributed by atoms with E-state index in [0.29, 0.717) is 11.8 Å². The van der Waals surface area contributed by atoms with Crippen LogP contribution < -0.4 is 0 Å². The van der Waals surface area contributed by atoms with Crippen LogP contribution in [0.5, 0.6) is 0 Å². The van der Waals surface area contributed by atoms with Crippen molar-refractivity contribution in [1.82, 2.24) is 0 Å². The molecule has 0 aliphatic rings. The first-order valence-corrected chi connectivity index (χ1v) is 4.47. The summed E-state index contributed by atoms with van der Waals surface area (Å²) >= 11 is 0. The fourth-order valence-corrected chi connectivity index (χ4v) is 1.27. The van der Waals surface area contributed by atoms with Crippen LogP contribution in [0.3, 0.4) is 0 Å². The van der Waals surface area contributed by atoms with Gasteiger partial charge in [-0.1, -0.05) is 27.7 Å². The Hall–Kier alpha value is -0.0400. The summed E-state index contributed by atoms with van der Waals surface area (Å²) in [5.41, 5.74) is 0. The second-order valence-corrected chi connectivity index (χ2v) is 3.59. The maximum absolute atomic E-state index is 5.40. The molecule has 0 aromatic carbocycles. The second-order valence-electron chi connectivity index (χ2n) is 3.59. The van der Waals surface area contributed by atoms with Crippen molar-refractivity contribution in [3.8, 4) is 0 Å². The van der Waals surface area contributed by atoms with E-state index in [0.717, 1.165) is 13.2 Å². The summed E-state index contributed by atoms with van der Waals surface area (Å²) in [6, 6.07) is 0. The molecule has 67 valence electrons. The summed E-state index contributed by atoms with van der Waals surface area (Å²) in [5.74, 6) is 2.81. The van der Waals surface area contributed by atoms with Gasteiger partial charge < -0.3 is 4.74 Å². The van der Waals surface area contributed by atoms with Gasteiger partial charge in [0.2, 0.25) is 0 Å². The van der Waals surface area contributed by atoms with Crippen molar-refractivity contribution in [2.75, 3.05) is 13.2 Å². The van der Waals surface area contributed by atoms with Gasteiger partial charge in [0.1, 0.15) is 0 Å². The minimum atomic E-state index is 0.634. The molecule has 0 amide bonds. The van der Waals surface area contributed by atoms with E-state index in [2.05, 4.69) is 27.7 Å². The summed E-state index contributed by atoms with van der Waals surface area (Å²) in [6.45, 7) is 12.6. The highest BCUT2D eigenvalue weighted by atomic mass is 16.5. The van der Waals surface area contributed by atoms with E-state index in [1.807, 2.05) is 6.92 Å². The molecule has 1 nitrogen and oxygen atoms in total. The van der Waals surface area contributed by atoms with Crippen molar-refractivity contribution in [1.29, 1.82) is 0 Å². The Labute approximate surface area is 71.1 Å². The largest absolute Gasteiger partial charge is 0.381 e. The lowest BCUT2D eigenvalue weighted by Crippen LogP contribution is -2.20. The van der Waals surface area contributed by atoms with Gasteiger partial charge >= 0.3 is 0 Å². The minimum Gasteiger partial charge on any atom is -0.381 e. The van der Waals surface area contributed by atoms with Crippen molar-refractivity contribution < 1.29 is 4.74 Å². The van der Waals surface area contributed by atoms with Gasteiger partial charge in [-0.05, 0) is 24.7 Å². The van der Waals surface area contributed by atoms with Gasteiger partial charge in [-0.15, -0.1) is 0 Å². The molecule has 0 N–H and O–H groups in total. The number of hydrogen-bond acceptors (Lipinski definition) is 1. The number of ether oxygens (including phenoxy) is 1. The predicted octanol–water partition coefficient (Wildman–Crippen LogP) is 2.91.